The van der Waals surface area contributed by atoms with E-state index in [2.05, 4.69) is 5.32 Å². The molecule has 1 amide bonds. The van der Waals surface area contributed by atoms with Crippen LogP contribution in [0.15, 0.2) is 23.0 Å². The van der Waals surface area contributed by atoms with Gasteiger partial charge in [0.25, 0.3) is 0 Å². The summed E-state index contributed by atoms with van der Waals surface area (Å²) in [6.45, 7) is 2.75. The summed E-state index contributed by atoms with van der Waals surface area (Å²) in [7, 11) is 3.46. The molecule has 4 rings (SSSR count). The highest BCUT2D eigenvalue weighted by Crippen LogP contribution is 2.54. The first-order valence-corrected chi connectivity index (χ1v) is 11.5. The van der Waals surface area contributed by atoms with Crippen LogP contribution in [0, 0.1) is 11.8 Å². The number of phenolic OH excluding ortho intramolecular Hbond substituents is 1. The number of anilines is 2. The second-order valence-electron chi connectivity index (χ2n) is 9.48. The molecule has 0 bridgehead atoms. The van der Waals surface area contributed by atoms with Crippen LogP contribution in [0.25, 0.3) is 5.76 Å². The zero-order valence-electron chi connectivity index (χ0n) is 20.3. The van der Waals surface area contributed by atoms with E-state index >= 15 is 0 Å². The quantitative estimate of drug-likeness (QED) is 0.304. The summed E-state index contributed by atoms with van der Waals surface area (Å²) in [5.41, 5.74) is -2.53. The Labute approximate surface area is 206 Å². The summed E-state index contributed by atoms with van der Waals surface area (Å²) in [6.07, 6.45) is -0.903. The highest BCUT2D eigenvalue weighted by molar-refractivity contribution is 6.23. The van der Waals surface area contributed by atoms with E-state index in [1.165, 1.54) is 6.07 Å². The van der Waals surface area contributed by atoms with Gasteiger partial charge < -0.3 is 30.1 Å². The Kier molecular flexibility index (Phi) is 6.07. The summed E-state index contributed by atoms with van der Waals surface area (Å²) in [4.78, 5) is 51.9. The molecule has 0 saturated heterocycles. The van der Waals surface area contributed by atoms with Crippen molar-refractivity contribution < 1.29 is 44.3 Å². The molecule has 1 saturated carbocycles. The van der Waals surface area contributed by atoms with E-state index in [9.17, 15) is 39.6 Å². The van der Waals surface area contributed by atoms with Crippen LogP contribution >= 0.6 is 0 Å². The lowest BCUT2D eigenvalue weighted by molar-refractivity contribution is -0.147. The molecule has 0 aliphatic heterocycles. The first-order valence-electron chi connectivity index (χ1n) is 11.5. The number of nitrogens with zero attached hydrogens (tertiary/aromatic N) is 1. The minimum Gasteiger partial charge on any atom is -0.508 e. The highest BCUT2D eigenvalue weighted by Gasteiger charge is 2.60. The lowest BCUT2D eigenvalue weighted by Gasteiger charge is -2.46. The number of amides is 1. The molecule has 36 heavy (non-hydrogen) atoms. The number of aliphatic hydroxyl groups is 3. The normalized spacial score (nSPS) is 25.1. The van der Waals surface area contributed by atoms with Gasteiger partial charge in [-0.25, -0.2) is 4.79 Å². The number of nitrogens with one attached hydrogen (secondary N) is 1. The third-order valence-electron chi connectivity index (χ3n) is 7.14. The van der Waals surface area contributed by atoms with Crippen molar-refractivity contribution >= 4 is 40.6 Å². The van der Waals surface area contributed by atoms with Gasteiger partial charge in [0.15, 0.2) is 22.9 Å². The maximum atomic E-state index is 13.6. The van der Waals surface area contributed by atoms with Crippen molar-refractivity contribution in [1.29, 1.82) is 0 Å². The molecule has 192 valence electrons. The predicted octanol–water partition coefficient (Wildman–Crippen LogP) is 2.16. The molecule has 0 radical (unpaired) electrons. The zero-order valence-corrected chi connectivity index (χ0v) is 20.3. The van der Waals surface area contributed by atoms with Crippen molar-refractivity contribution in [2.75, 3.05) is 30.9 Å². The van der Waals surface area contributed by atoms with Crippen molar-refractivity contribution in [2.45, 2.75) is 38.7 Å². The number of Topliss-reactive ketones (excluding diaryl/α,β-unsaturated/α-hetero) is 3. The predicted molar refractivity (Wildman–Crippen MR) is 128 cm³/mol. The zero-order chi connectivity index (χ0) is 26.7. The van der Waals surface area contributed by atoms with E-state index in [1.54, 1.807) is 25.9 Å². The number of allylic oxidation sites excluding steroid dienone is 1. The molecule has 3 aliphatic rings. The van der Waals surface area contributed by atoms with Gasteiger partial charge in [-0.15, -0.1) is 0 Å². The van der Waals surface area contributed by atoms with Crippen LogP contribution < -0.4 is 10.2 Å². The van der Waals surface area contributed by atoms with Gasteiger partial charge in [-0.1, -0.05) is 0 Å². The average molecular weight is 501 g/mol. The van der Waals surface area contributed by atoms with Crippen molar-refractivity contribution in [1.82, 2.24) is 0 Å². The molecule has 1 fully saturated rings. The van der Waals surface area contributed by atoms with E-state index in [0.29, 0.717) is 11.3 Å². The average Bonchev–Trinajstić information content (AvgIpc) is 2.77. The number of hydrogen-bond donors (Lipinski definition) is 5. The number of carbonyl (C=O) groups is 4. The number of ketones is 3. The van der Waals surface area contributed by atoms with Gasteiger partial charge in [0.05, 0.1) is 17.9 Å². The maximum absolute atomic E-state index is 13.6. The summed E-state index contributed by atoms with van der Waals surface area (Å²) < 4.78 is 4.87. The van der Waals surface area contributed by atoms with Crippen LogP contribution in [-0.4, -0.2) is 70.2 Å². The number of phenols is 1. The number of aromatic hydroxyl groups is 1. The molecule has 0 aromatic heterocycles. The van der Waals surface area contributed by atoms with E-state index < -0.39 is 63.7 Å². The van der Waals surface area contributed by atoms with Crippen LogP contribution in [-0.2, 0) is 25.5 Å². The standard InChI is InChI=1S/C25H28N2O9/c1-5-36-24(34)26-14-9-15(27(3)4)13-7-11-6-12-8-16(29)17(10(2)28)22(32)25(12,35)23(33)18(11)21(31)19(13)20(14)30/h9,11-12,30-32,35H,5-8H2,1-4H3,(H,26,34)/t11-,12+,25-/m1/s1. The molecule has 11 nitrogen and oxygen atoms in total. The smallest absolute Gasteiger partial charge is 0.411 e. The first-order chi connectivity index (χ1) is 16.8. The molecular weight excluding hydrogens is 472 g/mol. The molecule has 3 aliphatic carbocycles. The summed E-state index contributed by atoms with van der Waals surface area (Å²) >= 11 is 0. The topological polar surface area (TPSA) is 174 Å². The molecule has 1 aromatic carbocycles. The molecule has 0 unspecified atom stereocenters. The minimum absolute atomic E-state index is 0.0637. The Balaban J connectivity index is 1.92. The Morgan fingerprint density at radius 3 is 2.44 bits per heavy atom. The lowest BCUT2D eigenvalue weighted by atomic mass is 9.59. The Bertz CT molecular complexity index is 1280. The molecule has 5 N–H and O–H groups in total. The highest BCUT2D eigenvalue weighted by atomic mass is 16.5. The molecule has 3 atom stereocenters. The number of rotatable bonds is 4. The number of fused-ring (bicyclic) bond motifs is 3. The first kappa shape index (κ1) is 25.2. The second-order valence-corrected chi connectivity index (χ2v) is 9.48. The number of aliphatic hydroxyl groups excluding tert-OH is 2. The fourth-order valence-corrected chi connectivity index (χ4v) is 5.55. The van der Waals surface area contributed by atoms with Crippen molar-refractivity contribution in [3.8, 4) is 5.75 Å². The Morgan fingerprint density at radius 1 is 1.19 bits per heavy atom. The van der Waals surface area contributed by atoms with Crippen molar-refractivity contribution in [2.24, 2.45) is 11.8 Å². The van der Waals surface area contributed by atoms with E-state index in [0.717, 1.165) is 6.92 Å². The Hall–Kier alpha value is -3.86. The van der Waals surface area contributed by atoms with Crippen molar-refractivity contribution in [3.63, 3.8) is 0 Å². The number of carbonyl (C=O) groups excluding carboxylic acids is 4. The fourth-order valence-electron chi connectivity index (χ4n) is 5.55. The SMILES string of the molecule is CCOC(=O)Nc1cc(N(C)C)c2c(c1O)C(O)=C1C(=O)[C@]3(O)C(O)=C(C(C)=O)C(=O)C[C@@H]3C[C@@H]1C2. The Morgan fingerprint density at radius 2 is 1.86 bits per heavy atom. The number of benzene rings is 1. The second kappa shape index (κ2) is 8.66. The minimum atomic E-state index is -2.56. The van der Waals surface area contributed by atoms with Gasteiger partial charge in [-0.3, -0.25) is 19.7 Å². The van der Waals surface area contributed by atoms with Crippen LogP contribution in [0.3, 0.4) is 0 Å². The summed E-state index contributed by atoms with van der Waals surface area (Å²) in [6, 6.07) is 1.52. The maximum Gasteiger partial charge on any atom is 0.411 e. The van der Waals surface area contributed by atoms with E-state index in [1.807, 2.05) is 0 Å². The number of hydrogen-bond acceptors (Lipinski definition) is 10. The van der Waals surface area contributed by atoms with Gasteiger partial charge in [0.2, 0.25) is 5.78 Å². The molecule has 0 spiro atoms. The fraction of sp³-hybridized carbons (Fsp3) is 0.440. The summed E-state index contributed by atoms with van der Waals surface area (Å²) in [5, 5.41) is 46.8. The third kappa shape index (κ3) is 3.53. The molecule has 11 heteroatoms. The van der Waals surface area contributed by atoms with Gasteiger partial charge >= 0.3 is 6.09 Å². The lowest BCUT2D eigenvalue weighted by Crippen LogP contribution is -2.57. The number of ether oxygens (including phenoxy) is 1. The molecule has 0 heterocycles. The van der Waals surface area contributed by atoms with Crippen LogP contribution in [0.1, 0.15) is 37.8 Å². The summed E-state index contributed by atoms with van der Waals surface area (Å²) in [5.74, 6) is -6.23. The van der Waals surface area contributed by atoms with Crippen LogP contribution in [0.4, 0.5) is 16.2 Å². The van der Waals surface area contributed by atoms with E-state index in [4.69, 9.17) is 4.74 Å². The molecule has 1 aromatic rings. The van der Waals surface area contributed by atoms with Gasteiger partial charge in [0, 0.05) is 37.7 Å². The van der Waals surface area contributed by atoms with Gasteiger partial charge in [0.1, 0.15) is 17.1 Å². The van der Waals surface area contributed by atoms with Crippen molar-refractivity contribution in [3.05, 3.63) is 34.1 Å². The van der Waals surface area contributed by atoms with E-state index in [-0.39, 0.29) is 42.7 Å². The van der Waals surface area contributed by atoms with Crippen LogP contribution in [0.2, 0.25) is 0 Å². The van der Waals surface area contributed by atoms with Crippen LogP contribution in [0.5, 0.6) is 5.75 Å². The monoisotopic (exact) mass is 500 g/mol. The largest absolute Gasteiger partial charge is 0.508 e. The van der Waals surface area contributed by atoms with Gasteiger partial charge in [-0.05, 0) is 44.2 Å². The molecular formula is C25H28N2O9. The third-order valence-corrected chi connectivity index (χ3v) is 7.14. The van der Waals surface area contributed by atoms with Gasteiger partial charge in [-0.2, -0.15) is 0 Å².